The van der Waals surface area contributed by atoms with Crippen molar-refractivity contribution in [2.24, 2.45) is 0 Å². The molecule has 0 fully saturated rings. The highest BCUT2D eigenvalue weighted by molar-refractivity contribution is 6.32. The van der Waals surface area contributed by atoms with Crippen molar-refractivity contribution in [3.05, 3.63) is 42.0 Å². The van der Waals surface area contributed by atoms with Crippen LogP contribution >= 0.6 is 11.6 Å². The monoisotopic (exact) mass is 262 g/mol. The number of ether oxygens (including phenoxy) is 1. The number of alkyl halides is 1. The molecule has 1 aromatic rings. The van der Waals surface area contributed by atoms with Gasteiger partial charge in [-0.3, -0.25) is 4.79 Å². The third-order valence-electron chi connectivity index (χ3n) is 2.59. The molecule has 18 heavy (non-hydrogen) atoms. The molecule has 0 aliphatic carbocycles. The van der Waals surface area contributed by atoms with E-state index in [1.165, 1.54) is 0 Å². The average molecular weight is 263 g/mol. The third kappa shape index (κ3) is 4.23. The van der Waals surface area contributed by atoms with Crippen LogP contribution < -0.4 is 5.46 Å². The largest absolute Gasteiger partial charge is 0.466 e. The fraction of sp³-hybridized carbons (Fsp3) is 0.357. The van der Waals surface area contributed by atoms with E-state index in [0.29, 0.717) is 24.4 Å². The van der Waals surface area contributed by atoms with Gasteiger partial charge in [0.25, 0.3) is 0 Å². The van der Waals surface area contributed by atoms with Gasteiger partial charge >= 0.3 is 5.97 Å². The Morgan fingerprint density at radius 1 is 1.44 bits per heavy atom. The van der Waals surface area contributed by atoms with Crippen LogP contribution in [0.2, 0.25) is 0 Å². The molecule has 1 unspecified atom stereocenters. The number of carbonyl (C=O) groups excluding carboxylic acids is 1. The smallest absolute Gasteiger partial charge is 0.313 e. The van der Waals surface area contributed by atoms with Crippen LogP contribution in [0.25, 0.3) is 0 Å². The summed E-state index contributed by atoms with van der Waals surface area (Å²) < 4.78 is 5.08. The summed E-state index contributed by atoms with van der Waals surface area (Å²) in [6.07, 6.45) is 0.492. The predicted molar refractivity (Wildman–Crippen MR) is 75.7 cm³/mol. The van der Waals surface area contributed by atoms with Crippen molar-refractivity contribution in [1.29, 1.82) is 0 Å². The molecule has 2 nitrogen and oxygen atoms in total. The SMILES string of the molecule is [B]c1ccc(C(CC(=C)CCl)C(=O)OCC)cc1. The van der Waals surface area contributed by atoms with E-state index in [-0.39, 0.29) is 11.9 Å². The van der Waals surface area contributed by atoms with Crippen LogP contribution in [0.3, 0.4) is 0 Å². The summed E-state index contributed by atoms with van der Waals surface area (Å²) >= 11 is 5.72. The van der Waals surface area contributed by atoms with Crippen molar-refractivity contribution >= 4 is 30.9 Å². The molecular weight excluding hydrogens is 246 g/mol. The number of hydrogen-bond acceptors (Lipinski definition) is 2. The molecule has 1 atom stereocenters. The molecule has 94 valence electrons. The second kappa shape index (κ2) is 7.27. The van der Waals surface area contributed by atoms with Gasteiger partial charge in [-0.15, -0.1) is 11.6 Å². The number of rotatable bonds is 6. The minimum atomic E-state index is -0.364. The van der Waals surface area contributed by atoms with Crippen LogP contribution in [0.5, 0.6) is 0 Å². The van der Waals surface area contributed by atoms with Gasteiger partial charge in [0.1, 0.15) is 7.85 Å². The Labute approximate surface area is 114 Å². The first kappa shape index (κ1) is 14.8. The molecule has 0 aromatic heterocycles. The lowest BCUT2D eigenvalue weighted by Crippen LogP contribution is -2.17. The first-order valence-electron chi connectivity index (χ1n) is 5.83. The molecule has 4 heteroatoms. The number of allylic oxidation sites excluding steroid dienone is 1. The van der Waals surface area contributed by atoms with E-state index < -0.39 is 0 Å². The Bertz CT molecular complexity index is 414. The summed E-state index contributed by atoms with van der Waals surface area (Å²) in [5.41, 5.74) is 2.35. The Balaban J connectivity index is 2.92. The Morgan fingerprint density at radius 2 is 2.06 bits per heavy atom. The summed E-state index contributed by atoms with van der Waals surface area (Å²) in [5, 5.41) is 0. The van der Waals surface area contributed by atoms with Gasteiger partial charge in [-0.25, -0.2) is 0 Å². The minimum Gasteiger partial charge on any atom is -0.466 e. The molecule has 0 amide bonds. The third-order valence-corrected chi connectivity index (χ3v) is 2.97. The van der Waals surface area contributed by atoms with Crippen LogP contribution in [0.1, 0.15) is 24.8 Å². The highest BCUT2D eigenvalue weighted by Gasteiger charge is 2.22. The van der Waals surface area contributed by atoms with E-state index in [1.807, 2.05) is 12.1 Å². The van der Waals surface area contributed by atoms with Gasteiger partial charge in [0.15, 0.2) is 0 Å². The highest BCUT2D eigenvalue weighted by atomic mass is 35.5. The number of halogens is 1. The van der Waals surface area contributed by atoms with Crippen molar-refractivity contribution < 1.29 is 9.53 Å². The van der Waals surface area contributed by atoms with Crippen LogP contribution in [0.4, 0.5) is 0 Å². The van der Waals surface area contributed by atoms with Gasteiger partial charge in [0.2, 0.25) is 0 Å². The first-order valence-corrected chi connectivity index (χ1v) is 6.36. The van der Waals surface area contributed by atoms with E-state index in [0.717, 1.165) is 11.1 Å². The van der Waals surface area contributed by atoms with Crippen LogP contribution in [-0.2, 0) is 9.53 Å². The molecule has 2 radical (unpaired) electrons. The van der Waals surface area contributed by atoms with Gasteiger partial charge in [-0.1, -0.05) is 41.9 Å². The van der Waals surface area contributed by atoms with Gasteiger partial charge in [0.05, 0.1) is 12.5 Å². The molecule has 1 aromatic carbocycles. The van der Waals surface area contributed by atoms with Crippen molar-refractivity contribution in [2.45, 2.75) is 19.3 Å². The Hall–Kier alpha value is -1.22. The molecule has 0 aliphatic rings. The zero-order valence-corrected chi connectivity index (χ0v) is 11.2. The molecular formula is C14H16BClO2. The highest BCUT2D eigenvalue weighted by Crippen LogP contribution is 2.24. The lowest BCUT2D eigenvalue weighted by molar-refractivity contribution is -0.144. The van der Waals surface area contributed by atoms with E-state index in [1.54, 1.807) is 19.1 Å². The minimum absolute atomic E-state index is 0.256. The molecule has 0 saturated carbocycles. The fourth-order valence-electron chi connectivity index (χ4n) is 1.65. The van der Waals surface area contributed by atoms with Crippen molar-refractivity contribution in [3.63, 3.8) is 0 Å². The van der Waals surface area contributed by atoms with Crippen molar-refractivity contribution in [3.8, 4) is 0 Å². The summed E-state index contributed by atoms with van der Waals surface area (Å²) in [7, 11) is 5.63. The van der Waals surface area contributed by atoms with Gasteiger partial charge in [-0.05, 0) is 18.9 Å². The quantitative estimate of drug-likeness (QED) is 0.340. The molecule has 0 heterocycles. The summed E-state index contributed by atoms with van der Waals surface area (Å²) in [6.45, 7) is 5.98. The second-order valence-corrected chi connectivity index (χ2v) is 4.33. The van der Waals surface area contributed by atoms with Gasteiger partial charge in [-0.2, -0.15) is 0 Å². The maximum absolute atomic E-state index is 11.9. The predicted octanol–water partition coefficient (Wildman–Crippen LogP) is 2.31. The Morgan fingerprint density at radius 3 is 2.56 bits per heavy atom. The normalized spacial score (nSPS) is 11.9. The lowest BCUT2D eigenvalue weighted by atomic mass is 9.89. The van der Waals surface area contributed by atoms with E-state index in [9.17, 15) is 4.79 Å². The van der Waals surface area contributed by atoms with Crippen LogP contribution in [-0.4, -0.2) is 26.3 Å². The summed E-state index contributed by atoms with van der Waals surface area (Å²) in [5.74, 6) is -0.282. The zero-order valence-electron chi connectivity index (χ0n) is 10.5. The lowest BCUT2D eigenvalue weighted by Gasteiger charge is -2.16. The zero-order chi connectivity index (χ0) is 13.5. The maximum Gasteiger partial charge on any atom is 0.313 e. The molecule has 0 bridgehead atoms. The summed E-state index contributed by atoms with van der Waals surface area (Å²) in [4.78, 5) is 11.9. The number of benzene rings is 1. The van der Waals surface area contributed by atoms with Crippen molar-refractivity contribution in [2.75, 3.05) is 12.5 Å². The van der Waals surface area contributed by atoms with Crippen LogP contribution in [0, 0.1) is 0 Å². The molecule has 0 saturated heterocycles. The molecule has 0 spiro atoms. The Kier molecular flexibility index (Phi) is 6.00. The second-order valence-electron chi connectivity index (χ2n) is 4.06. The average Bonchev–Trinajstić information content (AvgIpc) is 2.37. The molecule has 0 N–H and O–H groups in total. The number of esters is 1. The maximum atomic E-state index is 11.9. The van der Waals surface area contributed by atoms with E-state index in [2.05, 4.69) is 6.58 Å². The summed E-state index contributed by atoms with van der Waals surface area (Å²) in [6, 6.07) is 7.20. The van der Waals surface area contributed by atoms with E-state index in [4.69, 9.17) is 24.2 Å². The topological polar surface area (TPSA) is 26.3 Å². The van der Waals surface area contributed by atoms with Gasteiger partial charge in [0, 0.05) is 5.88 Å². The van der Waals surface area contributed by atoms with Crippen LogP contribution in [0.15, 0.2) is 36.4 Å². The molecule has 1 rings (SSSR count). The van der Waals surface area contributed by atoms with Crippen molar-refractivity contribution in [1.82, 2.24) is 0 Å². The first-order chi connectivity index (χ1) is 8.58. The van der Waals surface area contributed by atoms with Gasteiger partial charge < -0.3 is 4.74 Å². The fourth-order valence-corrected chi connectivity index (χ4v) is 1.76. The number of hydrogen-bond donors (Lipinski definition) is 0. The standard InChI is InChI=1S/C14H16BClO2/c1-3-18-14(17)13(8-10(2)9-16)11-4-6-12(15)7-5-11/h4-7,13H,2-3,8-9H2,1H3. The number of carbonyl (C=O) groups is 1. The molecule has 0 aliphatic heterocycles. The van der Waals surface area contributed by atoms with E-state index >= 15 is 0 Å².